The Hall–Kier alpha value is -2.80. The third-order valence-corrected chi connectivity index (χ3v) is 4.33. The first-order valence-corrected chi connectivity index (χ1v) is 8.29. The monoisotopic (exact) mass is 337 g/mol. The van der Waals surface area contributed by atoms with Crippen LogP contribution in [0.5, 0.6) is 0 Å². The van der Waals surface area contributed by atoms with Gasteiger partial charge < -0.3 is 4.42 Å². The molecule has 0 unspecified atom stereocenters. The summed E-state index contributed by atoms with van der Waals surface area (Å²) in [4.78, 5) is 22.6. The van der Waals surface area contributed by atoms with Crippen LogP contribution in [0.25, 0.3) is 11.3 Å². The highest BCUT2D eigenvalue weighted by Crippen LogP contribution is 2.20. The molecule has 0 spiro atoms. The second-order valence-electron chi connectivity index (χ2n) is 6.40. The molecule has 0 aromatic carbocycles. The summed E-state index contributed by atoms with van der Waals surface area (Å²) in [6.45, 7) is 5.05. The highest BCUT2D eigenvalue weighted by atomic mass is 16.4. The fraction of sp³-hybridized carbons (Fsp3) is 0.333. The zero-order valence-corrected chi connectivity index (χ0v) is 14.0. The summed E-state index contributed by atoms with van der Waals surface area (Å²) in [5, 5.41) is 4.50. The lowest BCUT2D eigenvalue weighted by Crippen LogP contribution is -2.48. The lowest BCUT2D eigenvalue weighted by atomic mass is 10.0. The van der Waals surface area contributed by atoms with E-state index in [-0.39, 0.29) is 5.56 Å². The number of hydrogen-bond acceptors (Lipinski definition) is 6. The van der Waals surface area contributed by atoms with E-state index in [2.05, 4.69) is 20.0 Å². The molecular weight excluding hydrogens is 318 g/mol. The van der Waals surface area contributed by atoms with E-state index in [0.29, 0.717) is 19.0 Å². The van der Waals surface area contributed by atoms with Crippen LogP contribution < -0.4 is 5.56 Å². The lowest BCUT2D eigenvalue weighted by Gasteiger charge is -2.38. The van der Waals surface area contributed by atoms with Crippen molar-refractivity contribution in [3.8, 4) is 11.3 Å². The van der Waals surface area contributed by atoms with Crippen LogP contribution in [0, 0.1) is 12.8 Å². The third-order valence-electron chi connectivity index (χ3n) is 4.33. The van der Waals surface area contributed by atoms with E-state index >= 15 is 0 Å². The van der Waals surface area contributed by atoms with Crippen LogP contribution in [0.3, 0.4) is 0 Å². The topological polar surface area (TPSA) is 77.1 Å². The standard InChI is InChI=1S/C18H19N5O2/c1-13-8-20-17(25-13)12-22-9-14(10-22)11-23-18(24)3-2-16(21-23)15-4-6-19-7-5-15/h2-8,14H,9-12H2,1H3. The van der Waals surface area contributed by atoms with Crippen LogP contribution in [-0.2, 0) is 13.1 Å². The van der Waals surface area contributed by atoms with Gasteiger partial charge in [0.25, 0.3) is 5.56 Å². The van der Waals surface area contributed by atoms with Gasteiger partial charge in [-0.2, -0.15) is 5.10 Å². The van der Waals surface area contributed by atoms with Gasteiger partial charge in [-0.15, -0.1) is 0 Å². The molecule has 0 radical (unpaired) electrons. The fourth-order valence-electron chi connectivity index (χ4n) is 3.09. The van der Waals surface area contributed by atoms with Gasteiger partial charge in [-0.25, -0.2) is 9.67 Å². The molecule has 4 heterocycles. The summed E-state index contributed by atoms with van der Waals surface area (Å²) in [5.74, 6) is 1.98. The van der Waals surface area contributed by atoms with Crippen LogP contribution in [0.4, 0.5) is 0 Å². The molecule has 3 aromatic heterocycles. The van der Waals surface area contributed by atoms with E-state index in [1.807, 2.05) is 19.1 Å². The zero-order chi connectivity index (χ0) is 17.2. The van der Waals surface area contributed by atoms with Crippen molar-refractivity contribution in [3.63, 3.8) is 0 Å². The first-order chi connectivity index (χ1) is 12.2. The summed E-state index contributed by atoms with van der Waals surface area (Å²) in [6, 6.07) is 7.11. The number of hydrogen-bond donors (Lipinski definition) is 0. The molecule has 1 saturated heterocycles. The van der Waals surface area contributed by atoms with Gasteiger partial charge in [0.1, 0.15) is 5.76 Å². The quantitative estimate of drug-likeness (QED) is 0.706. The van der Waals surface area contributed by atoms with Crippen molar-refractivity contribution in [1.82, 2.24) is 24.6 Å². The fourth-order valence-corrected chi connectivity index (χ4v) is 3.09. The number of nitrogens with zero attached hydrogens (tertiary/aromatic N) is 5. The van der Waals surface area contributed by atoms with Crippen molar-refractivity contribution < 1.29 is 4.42 Å². The van der Waals surface area contributed by atoms with Crippen molar-refractivity contribution >= 4 is 0 Å². The van der Waals surface area contributed by atoms with Crippen LogP contribution >= 0.6 is 0 Å². The number of rotatable bonds is 5. The van der Waals surface area contributed by atoms with Gasteiger partial charge in [0.15, 0.2) is 0 Å². The Bertz CT molecular complexity index is 912. The molecule has 1 aliphatic heterocycles. The number of aryl methyl sites for hydroxylation is 1. The van der Waals surface area contributed by atoms with Crippen LogP contribution in [-0.4, -0.2) is 37.7 Å². The highest BCUT2D eigenvalue weighted by molar-refractivity contribution is 5.56. The molecule has 0 atom stereocenters. The zero-order valence-electron chi connectivity index (χ0n) is 14.0. The van der Waals surface area contributed by atoms with Crippen LogP contribution in [0.1, 0.15) is 11.7 Å². The first-order valence-electron chi connectivity index (χ1n) is 8.29. The second kappa shape index (κ2) is 6.60. The van der Waals surface area contributed by atoms with Crippen molar-refractivity contribution in [1.29, 1.82) is 0 Å². The van der Waals surface area contributed by atoms with Gasteiger partial charge in [-0.3, -0.25) is 14.7 Å². The molecule has 0 amide bonds. The summed E-state index contributed by atoms with van der Waals surface area (Å²) in [5.41, 5.74) is 1.67. The number of aromatic nitrogens is 4. The van der Waals surface area contributed by atoms with Gasteiger partial charge in [0.2, 0.25) is 5.89 Å². The molecule has 0 N–H and O–H groups in total. The maximum atomic E-state index is 12.1. The van der Waals surface area contributed by atoms with Crippen LogP contribution in [0.15, 0.2) is 52.1 Å². The first kappa shape index (κ1) is 15.7. The Morgan fingerprint density at radius 2 is 2.00 bits per heavy atom. The third kappa shape index (κ3) is 3.51. The molecule has 4 rings (SSSR count). The van der Waals surface area contributed by atoms with E-state index in [1.165, 1.54) is 0 Å². The normalized spacial score (nSPS) is 15.2. The van der Waals surface area contributed by atoms with Crippen molar-refractivity contribution in [2.45, 2.75) is 20.0 Å². The Labute approximate surface area is 145 Å². The van der Waals surface area contributed by atoms with Gasteiger partial charge in [0.05, 0.1) is 25.0 Å². The molecule has 0 saturated carbocycles. The van der Waals surface area contributed by atoms with Gasteiger partial charge in [0, 0.05) is 43.0 Å². The SMILES string of the molecule is Cc1cnc(CN2CC(Cn3nc(-c4ccncc4)ccc3=O)C2)o1. The minimum atomic E-state index is -0.0698. The average molecular weight is 337 g/mol. The molecule has 1 fully saturated rings. The molecule has 128 valence electrons. The van der Waals surface area contributed by atoms with E-state index in [0.717, 1.165) is 36.0 Å². The largest absolute Gasteiger partial charge is 0.445 e. The average Bonchev–Trinajstić information content (AvgIpc) is 3.00. The highest BCUT2D eigenvalue weighted by Gasteiger charge is 2.28. The van der Waals surface area contributed by atoms with Gasteiger partial charge in [-0.05, 0) is 25.1 Å². The number of pyridine rings is 1. The van der Waals surface area contributed by atoms with Crippen molar-refractivity contribution in [3.05, 3.63) is 64.9 Å². The molecule has 7 heteroatoms. The number of likely N-dealkylation sites (tertiary alicyclic amines) is 1. The number of oxazole rings is 1. The maximum Gasteiger partial charge on any atom is 0.266 e. The summed E-state index contributed by atoms with van der Waals surface area (Å²) in [6.07, 6.45) is 5.18. The minimum Gasteiger partial charge on any atom is -0.445 e. The summed E-state index contributed by atoms with van der Waals surface area (Å²) < 4.78 is 7.06. The molecule has 0 bridgehead atoms. The van der Waals surface area contributed by atoms with E-state index in [9.17, 15) is 4.79 Å². The predicted molar refractivity (Wildman–Crippen MR) is 91.7 cm³/mol. The minimum absolute atomic E-state index is 0.0698. The molecule has 25 heavy (non-hydrogen) atoms. The van der Waals surface area contributed by atoms with Gasteiger partial charge in [-0.1, -0.05) is 0 Å². The van der Waals surface area contributed by atoms with E-state index < -0.39 is 0 Å². The van der Waals surface area contributed by atoms with Gasteiger partial charge >= 0.3 is 0 Å². The molecule has 0 aliphatic carbocycles. The lowest BCUT2D eigenvalue weighted by molar-refractivity contribution is 0.0678. The summed E-state index contributed by atoms with van der Waals surface area (Å²) in [7, 11) is 0. The smallest absolute Gasteiger partial charge is 0.266 e. The van der Waals surface area contributed by atoms with Crippen LogP contribution in [0.2, 0.25) is 0 Å². The molecule has 3 aromatic rings. The predicted octanol–water partition coefficient (Wildman–Crippen LogP) is 1.73. The molecular formula is C18H19N5O2. The van der Waals surface area contributed by atoms with E-state index in [1.54, 1.807) is 35.4 Å². The molecule has 7 nitrogen and oxygen atoms in total. The maximum absolute atomic E-state index is 12.1. The Morgan fingerprint density at radius 1 is 1.20 bits per heavy atom. The van der Waals surface area contributed by atoms with E-state index in [4.69, 9.17) is 4.42 Å². The Kier molecular flexibility index (Phi) is 4.15. The molecule has 1 aliphatic rings. The Morgan fingerprint density at radius 3 is 2.72 bits per heavy atom. The van der Waals surface area contributed by atoms with Crippen molar-refractivity contribution in [2.75, 3.05) is 13.1 Å². The summed E-state index contributed by atoms with van der Waals surface area (Å²) >= 11 is 0. The Balaban J connectivity index is 1.39. The van der Waals surface area contributed by atoms with Crippen molar-refractivity contribution in [2.24, 2.45) is 5.92 Å². The second-order valence-corrected chi connectivity index (χ2v) is 6.40.